The molecule has 0 radical (unpaired) electrons. The predicted octanol–water partition coefficient (Wildman–Crippen LogP) is 2.18. The third-order valence-electron chi connectivity index (χ3n) is 3.71. The average molecular weight is 208 g/mol. The highest BCUT2D eigenvalue weighted by molar-refractivity contribution is 5.73. The van der Waals surface area contributed by atoms with Crippen LogP contribution in [0.1, 0.15) is 40.5 Å². The molecule has 0 aromatic carbocycles. The van der Waals surface area contributed by atoms with Crippen LogP contribution >= 0.6 is 0 Å². The first kappa shape index (κ1) is 12.0. The summed E-state index contributed by atoms with van der Waals surface area (Å²) >= 11 is 0. The van der Waals surface area contributed by atoms with E-state index < -0.39 is 0 Å². The molecule has 3 nitrogen and oxygen atoms in total. The molecular formula is C12H20N2O. The minimum absolute atomic E-state index is 0.00930. The largest absolute Gasteiger partial charge is 0.343 e. The fourth-order valence-corrected chi connectivity index (χ4v) is 2.23. The van der Waals surface area contributed by atoms with Crippen molar-refractivity contribution >= 4 is 5.91 Å². The summed E-state index contributed by atoms with van der Waals surface area (Å²) in [6, 6.07) is 2.48. The summed E-state index contributed by atoms with van der Waals surface area (Å²) in [6.07, 6.45) is 1.60. The lowest BCUT2D eigenvalue weighted by Crippen LogP contribution is -2.47. The van der Waals surface area contributed by atoms with Crippen LogP contribution in [0, 0.1) is 22.2 Å². The van der Waals surface area contributed by atoms with Gasteiger partial charge < -0.3 is 4.90 Å². The Morgan fingerprint density at radius 1 is 1.33 bits per heavy atom. The molecule has 1 aliphatic rings. The molecule has 84 valence electrons. The maximum absolute atomic E-state index is 11.2. The van der Waals surface area contributed by atoms with Crippen LogP contribution in [-0.4, -0.2) is 23.9 Å². The van der Waals surface area contributed by atoms with E-state index in [0.29, 0.717) is 0 Å². The Bertz CT molecular complexity index is 288. The summed E-state index contributed by atoms with van der Waals surface area (Å²) in [6.45, 7) is 9.37. The van der Waals surface area contributed by atoms with Gasteiger partial charge in [0.15, 0.2) is 0 Å². The van der Waals surface area contributed by atoms with Crippen LogP contribution in [0.15, 0.2) is 0 Å². The molecule has 3 heteroatoms. The first-order chi connectivity index (χ1) is 6.82. The third kappa shape index (κ3) is 2.14. The van der Waals surface area contributed by atoms with Gasteiger partial charge >= 0.3 is 0 Å². The van der Waals surface area contributed by atoms with Crippen molar-refractivity contribution in [2.45, 2.75) is 40.5 Å². The Balaban J connectivity index is 2.77. The molecule has 0 N–H and O–H groups in total. The minimum Gasteiger partial charge on any atom is -0.343 e. The average Bonchev–Trinajstić information content (AvgIpc) is 2.16. The molecule has 0 aliphatic carbocycles. The number of hydrogen-bond acceptors (Lipinski definition) is 2. The number of hydrogen-bond donors (Lipinski definition) is 0. The summed E-state index contributed by atoms with van der Waals surface area (Å²) < 4.78 is 0. The van der Waals surface area contributed by atoms with Crippen molar-refractivity contribution in [2.24, 2.45) is 10.8 Å². The minimum atomic E-state index is -0.265. The van der Waals surface area contributed by atoms with Crippen molar-refractivity contribution in [3.8, 4) is 6.07 Å². The number of carbonyl (C=O) groups is 1. The van der Waals surface area contributed by atoms with E-state index in [1.54, 1.807) is 6.92 Å². The Morgan fingerprint density at radius 3 is 2.07 bits per heavy atom. The molecule has 1 heterocycles. The maximum Gasteiger partial charge on any atom is 0.219 e. The summed E-state index contributed by atoms with van der Waals surface area (Å²) in [4.78, 5) is 13.0. The topological polar surface area (TPSA) is 44.1 Å². The van der Waals surface area contributed by atoms with E-state index in [2.05, 4.69) is 26.8 Å². The van der Waals surface area contributed by atoms with Gasteiger partial charge in [-0.05, 0) is 18.3 Å². The summed E-state index contributed by atoms with van der Waals surface area (Å²) in [5.74, 6) is 0.121. The molecule has 15 heavy (non-hydrogen) atoms. The van der Waals surface area contributed by atoms with Crippen LogP contribution in [-0.2, 0) is 4.79 Å². The molecule has 0 aromatic heterocycles. The van der Waals surface area contributed by atoms with Crippen LogP contribution in [0.4, 0.5) is 0 Å². The number of likely N-dealkylation sites (tertiary alicyclic amines) is 1. The summed E-state index contributed by atoms with van der Waals surface area (Å²) in [5, 5.41) is 9.35. The van der Waals surface area contributed by atoms with Gasteiger partial charge in [0.25, 0.3) is 0 Å². The Labute approximate surface area is 92.1 Å². The van der Waals surface area contributed by atoms with Gasteiger partial charge in [-0.2, -0.15) is 5.26 Å². The van der Waals surface area contributed by atoms with Crippen LogP contribution in [0.25, 0.3) is 0 Å². The normalized spacial score (nSPS) is 20.9. The van der Waals surface area contributed by atoms with E-state index >= 15 is 0 Å². The molecule has 0 aromatic rings. The fourth-order valence-electron chi connectivity index (χ4n) is 2.23. The molecule has 0 saturated carbocycles. The quantitative estimate of drug-likeness (QED) is 0.612. The van der Waals surface area contributed by atoms with Crippen molar-refractivity contribution in [2.75, 3.05) is 13.1 Å². The monoisotopic (exact) mass is 208 g/mol. The van der Waals surface area contributed by atoms with E-state index in [4.69, 9.17) is 0 Å². The lowest BCUT2D eigenvalue weighted by Gasteiger charge is -2.45. The third-order valence-corrected chi connectivity index (χ3v) is 3.71. The Morgan fingerprint density at radius 2 is 1.80 bits per heavy atom. The molecule has 1 fully saturated rings. The number of nitrogens with zero attached hydrogens (tertiary/aromatic N) is 2. The molecule has 1 saturated heterocycles. The van der Waals surface area contributed by atoms with Gasteiger partial charge in [0.2, 0.25) is 5.91 Å². The summed E-state index contributed by atoms with van der Waals surface area (Å²) in [7, 11) is 0. The number of amides is 1. The van der Waals surface area contributed by atoms with Crippen LogP contribution in [0.3, 0.4) is 0 Å². The first-order valence-corrected chi connectivity index (χ1v) is 5.49. The number of nitriles is 1. The molecule has 0 atom stereocenters. The van der Waals surface area contributed by atoms with Crippen molar-refractivity contribution in [1.82, 2.24) is 4.90 Å². The van der Waals surface area contributed by atoms with Crippen molar-refractivity contribution in [3.05, 3.63) is 0 Å². The number of rotatable bonds is 0. The van der Waals surface area contributed by atoms with E-state index in [1.165, 1.54) is 0 Å². The van der Waals surface area contributed by atoms with E-state index in [-0.39, 0.29) is 16.7 Å². The highest BCUT2D eigenvalue weighted by Crippen LogP contribution is 2.46. The predicted molar refractivity (Wildman–Crippen MR) is 59.0 cm³/mol. The van der Waals surface area contributed by atoms with Gasteiger partial charge in [-0.3, -0.25) is 4.79 Å². The number of carbonyl (C=O) groups excluding carboxylic acids is 1. The summed E-state index contributed by atoms with van der Waals surface area (Å²) in [5.41, 5.74) is -0.274. The van der Waals surface area contributed by atoms with E-state index in [0.717, 1.165) is 25.9 Å². The van der Waals surface area contributed by atoms with E-state index in [9.17, 15) is 10.1 Å². The zero-order valence-corrected chi connectivity index (χ0v) is 10.1. The molecule has 0 unspecified atom stereocenters. The standard InChI is InChI=1S/C12H20N2O/c1-10(15)14-7-5-12(9-13,6-8-14)11(2,3)4/h5-8H2,1-4H3. The highest BCUT2D eigenvalue weighted by atomic mass is 16.2. The smallest absolute Gasteiger partial charge is 0.219 e. The van der Waals surface area contributed by atoms with Crippen LogP contribution in [0.2, 0.25) is 0 Å². The molecule has 0 spiro atoms. The highest BCUT2D eigenvalue weighted by Gasteiger charge is 2.44. The zero-order chi connectivity index (χ0) is 11.7. The van der Waals surface area contributed by atoms with Crippen molar-refractivity contribution in [1.29, 1.82) is 5.26 Å². The van der Waals surface area contributed by atoms with E-state index in [1.807, 2.05) is 4.90 Å². The van der Waals surface area contributed by atoms with Gasteiger partial charge in [-0.15, -0.1) is 0 Å². The van der Waals surface area contributed by atoms with Crippen molar-refractivity contribution in [3.63, 3.8) is 0 Å². The Hall–Kier alpha value is -1.04. The van der Waals surface area contributed by atoms with Crippen LogP contribution < -0.4 is 0 Å². The lowest BCUT2D eigenvalue weighted by atomic mass is 9.62. The maximum atomic E-state index is 11.2. The molecule has 1 amide bonds. The molecule has 1 aliphatic heterocycles. The second kappa shape index (κ2) is 3.84. The molecule has 0 bridgehead atoms. The van der Waals surface area contributed by atoms with Gasteiger partial charge in [0, 0.05) is 20.0 Å². The first-order valence-electron chi connectivity index (χ1n) is 5.49. The van der Waals surface area contributed by atoms with Gasteiger partial charge in [-0.25, -0.2) is 0 Å². The van der Waals surface area contributed by atoms with Crippen LogP contribution in [0.5, 0.6) is 0 Å². The molecule has 1 rings (SSSR count). The van der Waals surface area contributed by atoms with Crippen molar-refractivity contribution < 1.29 is 4.79 Å². The second-order valence-electron chi connectivity index (χ2n) is 5.45. The SMILES string of the molecule is CC(=O)N1CCC(C#N)(C(C)(C)C)CC1. The van der Waals surface area contributed by atoms with Gasteiger partial charge in [0.05, 0.1) is 11.5 Å². The fraction of sp³-hybridized carbons (Fsp3) is 0.833. The van der Waals surface area contributed by atoms with Gasteiger partial charge in [0.1, 0.15) is 0 Å². The second-order valence-corrected chi connectivity index (χ2v) is 5.45. The van der Waals surface area contributed by atoms with Gasteiger partial charge in [-0.1, -0.05) is 20.8 Å². The molecular weight excluding hydrogens is 188 g/mol. The number of piperidine rings is 1. The Kier molecular flexibility index (Phi) is 3.08. The zero-order valence-electron chi connectivity index (χ0n) is 10.1. The lowest BCUT2D eigenvalue weighted by molar-refractivity contribution is -0.131.